The molecule has 1 saturated carbocycles. The van der Waals surface area contributed by atoms with Crippen molar-refractivity contribution in [1.29, 1.82) is 0 Å². The molecule has 1 saturated heterocycles. The Bertz CT molecular complexity index is 222. The minimum atomic E-state index is 0.442. The van der Waals surface area contributed by atoms with Gasteiger partial charge in [-0.25, -0.2) is 0 Å². The van der Waals surface area contributed by atoms with Crippen LogP contribution in [-0.2, 0) is 0 Å². The van der Waals surface area contributed by atoms with Crippen LogP contribution in [0.3, 0.4) is 0 Å². The molecular formula is C12H22N2O. The number of nitrogens with zero attached hydrogens (tertiary/aromatic N) is 2. The van der Waals surface area contributed by atoms with Gasteiger partial charge in [-0.1, -0.05) is 24.4 Å². The molecule has 2 aliphatic rings. The van der Waals surface area contributed by atoms with Crippen LogP contribution in [0.25, 0.3) is 0 Å². The Morgan fingerprint density at radius 1 is 1.00 bits per heavy atom. The molecule has 86 valence electrons. The lowest BCUT2D eigenvalue weighted by molar-refractivity contribution is 0.258. The molecule has 0 aromatic carbocycles. The third kappa shape index (κ3) is 2.71. The fraction of sp³-hybridized carbons (Fsp3) is 0.917. The number of oxime groups is 1. The number of hydrogen-bond acceptors (Lipinski definition) is 3. The van der Waals surface area contributed by atoms with Gasteiger partial charge in [-0.05, 0) is 45.2 Å². The van der Waals surface area contributed by atoms with E-state index in [1.807, 2.05) is 0 Å². The SMILES string of the molecule is O/N=C1\CCCCCC[C@H]1N1CCCC1. The Morgan fingerprint density at radius 2 is 1.73 bits per heavy atom. The first-order valence-corrected chi connectivity index (χ1v) is 6.36. The summed E-state index contributed by atoms with van der Waals surface area (Å²) in [6, 6.07) is 0.442. The van der Waals surface area contributed by atoms with Crippen LogP contribution in [0.1, 0.15) is 51.4 Å². The summed E-state index contributed by atoms with van der Waals surface area (Å²) in [5.41, 5.74) is 1.04. The van der Waals surface area contributed by atoms with E-state index in [2.05, 4.69) is 10.1 Å². The van der Waals surface area contributed by atoms with Crippen molar-refractivity contribution >= 4 is 5.71 Å². The summed E-state index contributed by atoms with van der Waals surface area (Å²) < 4.78 is 0. The van der Waals surface area contributed by atoms with Crippen LogP contribution in [0, 0.1) is 0 Å². The van der Waals surface area contributed by atoms with E-state index in [4.69, 9.17) is 5.21 Å². The van der Waals surface area contributed by atoms with Gasteiger partial charge in [0.1, 0.15) is 0 Å². The maximum atomic E-state index is 9.10. The fourth-order valence-electron chi connectivity index (χ4n) is 2.89. The van der Waals surface area contributed by atoms with Crippen molar-refractivity contribution in [2.24, 2.45) is 5.16 Å². The molecule has 1 atom stereocenters. The minimum Gasteiger partial charge on any atom is -0.411 e. The van der Waals surface area contributed by atoms with Crippen LogP contribution in [0.4, 0.5) is 0 Å². The lowest BCUT2D eigenvalue weighted by atomic mass is 9.94. The van der Waals surface area contributed by atoms with E-state index in [9.17, 15) is 0 Å². The minimum absolute atomic E-state index is 0.442. The third-order valence-electron chi connectivity index (χ3n) is 3.75. The molecule has 0 amide bonds. The Kier molecular flexibility index (Phi) is 4.01. The van der Waals surface area contributed by atoms with Gasteiger partial charge in [-0.15, -0.1) is 0 Å². The summed E-state index contributed by atoms with van der Waals surface area (Å²) in [5, 5.41) is 12.7. The zero-order valence-corrected chi connectivity index (χ0v) is 9.49. The first-order valence-electron chi connectivity index (χ1n) is 6.36. The number of hydrogen-bond donors (Lipinski definition) is 1. The van der Waals surface area contributed by atoms with E-state index in [0.29, 0.717) is 6.04 Å². The highest BCUT2D eigenvalue weighted by atomic mass is 16.4. The molecule has 0 spiro atoms. The maximum Gasteiger partial charge on any atom is 0.0742 e. The van der Waals surface area contributed by atoms with E-state index in [0.717, 1.165) is 12.1 Å². The average molecular weight is 210 g/mol. The Morgan fingerprint density at radius 3 is 2.47 bits per heavy atom. The first-order chi connectivity index (χ1) is 7.42. The van der Waals surface area contributed by atoms with Crippen LogP contribution in [-0.4, -0.2) is 35.0 Å². The smallest absolute Gasteiger partial charge is 0.0742 e. The summed E-state index contributed by atoms with van der Waals surface area (Å²) in [7, 11) is 0. The van der Waals surface area contributed by atoms with Crippen molar-refractivity contribution in [1.82, 2.24) is 4.90 Å². The molecule has 0 unspecified atom stereocenters. The molecule has 3 heteroatoms. The quantitative estimate of drug-likeness (QED) is 0.533. The van der Waals surface area contributed by atoms with Gasteiger partial charge >= 0.3 is 0 Å². The summed E-state index contributed by atoms with van der Waals surface area (Å²) in [5.74, 6) is 0. The predicted octanol–water partition coefficient (Wildman–Crippen LogP) is 2.64. The summed E-state index contributed by atoms with van der Waals surface area (Å²) >= 11 is 0. The van der Waals surface area contributed by atoms with Crippen molar-refractivity contribution in [3.05, 3.63) is 0 Å². The van der Waals surface area contributed by atoms with Crippen molar-refractivity contribution in [2.45, 2.75) is 57.4 Å². The van der Waals surface area contributed by atoms with Crippen LogP contribution in [0.15, 0.2) is 5.16 Å². The van der Waals surface area contributed by atoms with Gasteiger partial charge in [0.05, 0.1) is 11.8 Å². The van der Waals surface area contributed by atoms with Crippen LogP contribution in [0.2, 0.25) is 0 Å². The van der Waals surface area contributed by atoms with Gasteiger partial charge in [0, 0.05) is 0 Å². The Balaban J connectivity index is 2.02. The molecule has 2 fully saturated rings. The van der Waals surface area contributed by atoms with E-state index < -0.39 is 0 Å². The molecule has 1 aliphatic carbocycles. The third-order valence-corrected chi connectivity index (χ3v) is 3.75. The van der Waals surface area contributed by atoms with Gasteiger partial charge in [-0.3, -0.25) is 4.90 Å². The Hall–Kier alpha value is -0.570. The molecule has 1 heterocycles. The topological polar surface area (TPSA) is 35.8 Å². The van der Waals surface area contributed by atoms with E-state index in [1.165, 1.54) is 58.0 Å². The van der Waals surface area contributed by atoms with Gasteiger partial charge < -0.3 is 5.21 Å². The number of rotatable bonds is 1. The second-order valence-electron chi connectivity index (χ2n) is 4.80. The normalized spacial score (nSPS) is 32.8. The molecule has 15 heavy (non-hydrogen) atoms. The number of likely N-dealkylation sites (tertiary alicyclic amines) is 1. The predicted molar refractivity (Wildman–Crippen MR) is 61.5 cm³/mol. The van der Waals surface area contributed by atoms with Crippen LogP contribution < -0.4 is 0 Å². The second-order valence-corrected chi connectivity index (χ2v) is 4.80. The highest BCUT2D eigenvalue weighted by Crippen LogP contribution is 2.23. The molecule has 0 radical (unpaired) electrons. The zero-order chi connectivity index (χ0) is 10.5. The Labute approximate surface area is 92.1 Å². The lowest BCUT2D eigenvalue weighted by Gasteiger charge is -2.29. The zero-order valence-electron chi connectivity index (χ0n) is 9.49. The highest BCUT2D eigenvalue weighted by molar-refractivity contribution is 5.89. The van der Waals surface area contributed by atoms with E-state index in [-0.39, 0.29) is 0 Å². The molecule has 1 N–H and O–H groups in total. The van der Waals surface area contributed by atoms with Gasteiger partial charge in [0.2, 0.25) is 0 Å². The highest BCUT2D eigenvalue weighted by Gasteiger charge is 2.26. The summed E-state index contributed by atoms with van der Waals surface area (Å²) in [4.78, 5) is 2.51. The molecule has 0 bridgehead atoms. The molecular weight excluding hydrogens is 188 g/mol. The van der Waals surface area contributed by atoms with Gasteiger partial charge in [0.15, 0.2) is 0 Å². The fourth-order valence-corrected chi connectivity index (χ4v) is 2.89. The van der Waals surface area contributed by atoms with Crippen molar-refractivity contribution in [3.63, 3.8) is 0 Å². The molecule has 3 nitrogen and oxygen atoms in total. The van der Waals surface area contributed by atoms with Crippen LogP contribution >= 0.6 is 0 Å². The maximum absolute atomic E-state index is 9.10. The average Bonchev–Trinajstić information content (AvgIpc) is 2.71. The van der Waals surface area contributed by atoms with E-state index in [1.54, 1.807) is 0 Å². The van der Waals surface area contributed by atoms with Crippen molar-refractivity contribution in [2.75, 3.05) is 13.1 Å². The van der Waals surface area contributed by atoms with E-state index >= 15 is 0 Å². The lowest BCUT2D eigenvalue weighted by Crippen LogP contribution is -2.39. The van der Waals surface area contributed by atoms with Gasteiger partial charge in [0.25, 0.3) is 0 Å². The van der Waals surface area contributed by atoms with Crippen molar-refractivity contribution < 1.29 is 5.21 Å². The monoisotopic (exact) mass is 210 g/mol. The summed E-state index contributed by atoms with van der Waals surface area (Å²) in [6.07, 6.45) is 9.96. The molecule has 1 aliphatic heterocycles. The first kappa shape index (κ1) is 10.9. The second kappa shape index (κ2) is 5.50. The standard InChI is InChI=1S/C12H22N2O/c15-13-11-7-3-1-2-4-8-12(11)14-9-5-6-10-14/h12,15H,1-10H2/b13-11+/t12-/m1/s1. The van der Waals surface area contributed by atoms with Crippen molar-refractivity contribution in [3.8, 4) is 0 Å². The summed E-state index contributed by atoms with van der Waals surface area (Å²) in [6.45, 7) is 2.40. The van der Waals surface area contributed by atoms with Crippen LogP contribution in [0.5, 0.6) is 0 Å². The molecule has 0 aromatic heterocycles. The molecule has 0 aromatic rings. The van der Waals surface area contributed by atoms with Gasteiger partial charge in [-0.2, -0.15) is 0 Å². The largest absolute Gasteiger partial charge is 0.411 e. The molecule has 2 rings (SSSR count).